The van der Waals surface area contributed by atoms with Gasteiger partial charge in [0, 0.05) is 12.1 Å². The molecule has 0 aromatic heterocycles. The van der Waals surface area contributed by atoms with E-state index in [2.05, 4.69) is 19.6 Å². The predicted molar refractivity (Wildman–Crippen MR) is 55.7 cm³/mol. The third kappa shape index (κ3) is 7.13. The van der Waals surface area contributed by atoms with E-state index in [0.717, 1.165) is 18.5 Å². The van der Waals surface area contributed by atoms with Gasteiger partial charge in [0.2, 0.25) is 0 Å². The molecule has 68 valence electrons. The molecule has 0 aliphatic heterocycles. The van der Waals surface area contributed by atoms with Gasteiger partial charge in [0.15, 0.2) is 0 Å². The van der Waals surface area contributed by atoms with Crippen LogP contribution < -0.4 is 5.73 Å². The molecular weight excluding hydrogens is 146 g/mol. The lowest BCUT2D eigenvalue weighted by Crippen LogP contribution is -1.93. The van der Waals surface area contributed by atoms with E-state index in [9.17, 15) is 0 Å². The molecule has 0 radical (unpaired) electrons. The second kappa shape index (κ2) is 8.12. The molecule has 0 saturated carbocycles. The summed E-state index contributed by atoms with van der Waals surface area (Å²) in [6, 6.07) is 0. The summed E-state index contributed by atoms with van der Waals surface area (Å²) < 4.78 is 0. The Kier molecular flexibility index (Phi) is 7.46. The first-order valence-electron chi connectivity index (χ1n) is 4.53. The van der Waals surface area contributed by atoms with Gasteiger partial charge >= 0.3 is 0 Å². The van der Waals surface area contributed by atoms with Crippen LogP contribution in [0.2, 0.25) is 0 Å². The fourth-order valence-electron chi connectivity index (χ4n) is 0.845. The van der Waals surface area contributed by atoms with Crippen LogP contribution in [0.5, 0.6) is 0 Å². The molecule has 0 rings (SSSR count). The molecule has 2 N–H and O–H groups in total. The highest BCUT2D eigenvalue weighted by molar-refractivity contribution is 5.11. The largest absolute Gasteiger partial charge is 0.402 e. The van der Waals surface area contributed by atoms with Crippen LogP contribution in [-0.2, 0) is 0 Å². The smallest absolute Gasteiger partial charge is 0.0119 e. The highest BCUT2D eigenvalue weighted by Crippen LogP contribution is 1.97. The molecule has 12 heavy (non-hydrogen) atoms. The van der Waals surface area contributed by atoms with Crippen molar-refractivity contribution >= 4 is 0 Å². The molecule has 0 atom stereocenters. The predicted octanol–water partition coefficient (Wildman–Crippen LogP) is 3.15. The van der Waals surface area contributed by atoms with Crippen molar-refractivity contribution in [1.82, 2.24) is 0 Å². The maximum absolute atomic E-state index is 5.64. The monoisotopic (exact) mass is 165 g/mol. The number of unbranched alkanes of at least 4 members (excludes halogenated alkanes) is 2. The molecule has 0 amide bonds. The van der Waals surface area contributed by atoms with E-state index in [0.29, 0.717) is 0 Å². The van der Waals surface area contributed by atoms with Gasteiger partial charge in [0.1, 0.15) is 0 Å². The van der Waals surface area contributed by atoms with Crippen molar-refractivity contribution in [1.29, 1.82) is 0 Å². The van der Waals surface area contributed by atoms with E-state index in [-0.39, 0.29) is 0 Å². The van der Waals surface area contributed by atoms with Crippen molar-refractivity contribution in [2.45, 2.75) is 32.6 Å². The Morgan fingerprint density at radius 3 is 2.83 bits per heavy atom. The standard InChI is InChI=1S/C11H19N/c1-3-5-6-7-8-10-11(12)9-4-2/h4,7-8,10H,2-3,5-6,9,12H2,1H3/b8-7+,11-10+. The average Bonchev–Trinajstić information content (AvgIpc) is 2.05. The number of nitrogens with two attached hydrogens (primary N) is 1. The van der Waals surface area contributed by atoms with Crippen LogP contribution >= 0.6 is 0 Å². The summed E-state index contributed by atoms with van der Waals surface area (Å²) in [5, 5.41) is 0. The molecular formula is C11H19N. The Hall–Kier alpha value is -0.980. The summed E-state index contributed by atoms with van der Waals surface area (Å²) in [4.78, 5) is 0. The number of hydrogen-bond acceptors (Lipinski definition) is 1. The molecule has 0 saturated heterocycles. The van der Waals surface area contributed by atoms with E-state index in [4.69, 9.17) is 5.73 Å². The Bertz CT molecular complexity index is 166. The summed E-state index contributed by atoms with van der Waals surface area (Å²) in [7, 11) is 0. The van der Waals surface area contributed by atoms with Crippen LogP contribution in [0, 0.1) is 0 Å². The average molecular weight is 165 g/mol. The number of allylic oxidation sites excluding steroid dienone is 4. The molecule has 0 aliphatic rings. The first kappa shape index (κ1) is 11.0. The molecule has 0 aliphatic carbocycles. The topological polar surface area (TPSA) is 26.0 Å². The summed E-state index contributed by atoms with van der Waals surface area (Å²) in [5.41, 5.74) is 6.51. The molecule has 0 unspecified atom stereocenters. The molecule has 0 aromatic carbocycles. The zero-order valence-corrected chi connectivity index (χ0v) is 7.92. The summed E-state index contributed by atoms with van der Waals surface area (Å²) >= 11 is 0. The van der Waals surface area contributed by atoms with Gasteiger partial charge in [-0.15, -0.1) is 6.58 Å². The van der Waals surface area contributed by atoms with Crippen molar-refractivity contribution < 1.29 is 0 Å². The van der Waals surface area contributed by atoms with Crippen molar-refractivity contribution in [2.24, 2.45) is 5.73 Å². The van der Waals surface area contributed by atoms with E-state index in [1.807, 2.05) is 18.2 Å². The maximum Gasteiger partial charge on any atom is 0.0119 e. The zero-order valence-electron chi connectivity index (χ0n) is 7.92. The van der Waals surface area contributed by atoms with E-state index in [1.54, 1.807) is 0 Å². The van der Waals surface area contributed by atoms with Crippen LogP contribution in [-0.4, -0.2) is 0 Å². The Balaban J connectivity index is 3.55. The normalized spacial score (nSPS) is 12.2. The minimum atomic E-state index is 0.776. The first-order valence-corrected chi connectivity index (χ1v) is 4.53. The SMILES string of the molecule is C=CC/C(N)=C\C=C\CCCC. The van der Waals surface area contributed by atoms with Gasteiger partial charge in [-0.1, -0.05) is 38.0 Å². The minimum Gasteiger partial charge on any atom is -0.402 e. The van der Waals surface area contributed by atoms with Crippen LogP contribution in [0.25, 0.3) is 0 Å². The summed E-state index contributed by atoms with van der Waals surface area (Å²) in [6.07, 6.45) is 12.4. The van der Waals surface area contributed by atoms with Gasteiger partial charge in [-0.05, 0) is 12.5 Å². The highest BCUT2D eigenvalue weighted by Gasteiger charge is 1.81. The van der Waals surface area contributed by atoms with E-state index < -0.39 is 0 Å². The van der Waals surface area contributed by atoms with Gasteiger partial charge in [0.05, 0.1) is 0 Å². The second-order valence-electron chi connectivity index (χ2n) is 2.80. The second-order valence-corrected chi connectivity index (χ2v) is 2.80. The first-order chi connectivity index (χ1) is 5.81. The quantitative estimate of drug-likeness (QED) is 0.365. The van der Waals surface area contributed by atoms with E-state index in [1.165, 1.54) is 12.8 Å². The third-order valence-corrected chi connectivity index (χ3v) is 1.55. The zero-order chi connectivity index (χ0) is 9.23. The van der Waals surface area contributed by atoms with Crippen molar-refractivity contribution in [3.63, 3.8) is 0 Å². The Morgan fingerprint density at radius 2 is 2.25 bits per heavy atom. The molecule has 0 heterocycles. The molecule has 1 nitrogen and oxygen atoms in total. The van der Waals surface area contributed by atoms with Gasteiger partial charge in [-0.2, -0.15) is 0 Å². The summed E-state index contributed by atoms with van der Waals surface area (Å²) in [6.45, 7) is 5.80. The van der Waals surface area contributed by atoms with Gasteiger partial charge < -0.3 is 5.73 Å². The van der Waals surface area contributed by atoms with Crippen LogP contribution in [0.15, 0.2) is 36.6 Å². The van der Waals surface area contributed by atoms with Gasteiger partial charge in [-0.3, -0.25) is 0 Å². The number of hydrogen-bond donors (Lipinski definition) is 1. The molecule has 0 fully saturated rings. The molecule has 0 spiro atoms. The number of rotatable bonds is 6. The molecule has 0 aromatic rings. The van der Waals surface area contributed by atoms with Crippen molar-refractivity contribution in [3.05, 3.63) is 36.6 Å². The lowest BCUT2D eigenvalue weighted by Gasteiger charge is -1.91. The van der Waals surface area contributed by atoms with Gasteiger partial charge in [-0.25, -0.2) is 0 Å². The fraction of sp³-hybridized carbons (Fsp3) is 0.455. The lowest BCUT2D eigenvalue weighted by atomic mass is 10.2. The van der Waals surface area contributed by atoms with Gasteiger partial charge in [0.25, 0.3) is 0 Å². The third-order valence-electron chi connectivity index (χ3n) is 1.55. The van der Waals surface area contributed by atoms with Crippen LogP contribution in [0.3, 0.4) is 0 Å². The fourth-order valence-corrected chi connectivity index (χ4v) is 0.845. The van der Waals surface area contributed by atoms with Crippen LogP contribution in [0.1, 0.15) is 32.6 Å². The van der Waals surface area contributed by atoms with Crippen molar-refractivity contribution in [3.8, 4) is 0 Å². The molecule has 0 bridgehead atoms. The van der Waals surface area contributed by atoms with Crippen LogP contribution in [0.4, 0.5) is 0 Å². The lowest BCUT2D eigenvalue weighted by molar-refractivity contribution is 0.815. The Labute approximate surface area is 75.7 Å². The summed E-state index contributed by atoms with van der Waals surface area (Å²) in [5.74, 6) is 0. The Morgan fingerprint density at radius 1 is 1.50 bits per heavy atom. The minimum absolute atomic E-state index is 0.776. The maximum atomic E-state index is 5.64. The highest BCUT2D eigenvalue weighted by atomic mass is 14.6. The van der Waals surface area contributed by atoms with E-state index >= 15 is 0 Å². The molecule has 1 heteroatoms. The van der Waals surface area contributed by atoms with Crippen molar-refractivity contribution in [2.75, 3.05) is 0 Å².